The lowest BCUT2D eigenvalue weighted by atomic mass is 10.0. The molecule has 2 aromatic carbocycles. The molecular formula is C26H36O2P2. The zero-order valence-corrected chi connectivity index (χ0v) is 20.5. The molecule has 0 N–H and O–H groups in total. The van der Waals surface area contributed by atoms with Gasteiger partial charge in [0.15, 0.2) is 0 Å². The van der Waals surface area contributed by atoms with Crippen LogP contribution < -0.4 is 20.1 Å². The Morgan fingerprint density at radius 3 is 1.77 bits per heavy atom. The number of rotatable bonds is 7. The molecule has 2 nitrogen and oxygen atoms in total. The Morgan fingerprint density at radius 2 is 1.20 bits per heavy atom. The molecule has 4 heteroatoms. The quantitative estimate of drug-likeness (QED) is 0.447. The zero-order valence-electron chi connectivity index (χ0n) is 18.5. The van der Waals surface area contributed by atoms with Crippen LogP contribution in [0.4, 0.5) is 0 Å². The van der Waals surface area contributed by atoms with Crippen LogP contribution in [0.2, 0.25) is 0 Å². The van der Waals surface area contributed by atoms with E-state index in [-0.39, 0.29) is 0 Å². The Morgan fingerprint density at radius 1 is 0.667 bits per heavy atom. The Hall–Kier alpha value is -1.10. The van der Waals surface area contributed by atoms with Crippen LogP contribution in [0.1, 0.15) is 64.2 Å². The molecule has 0 saturated heterocycles. The van der Waals surface area contributed by atoms with E-state index in [1.165, 1.54) is 69.8 Å². The van der Waals surface area contributed by atoms with Crippen molar-refractivity contribution in [3.63, 3.8) is 0 Å². The molecule has 0 heterocycles. The molecule has 4 rings (SSSR count). The monoisotopic (exact) mass is 442 g/mol. The van der Waals surface area contributed by atoms with Gasteiger partial charge in [0, 0.05) is 0 Å². The predicted molar refractivity (Wildman–Crippen MR) is 135 cm³/mol. The summed E-state index contributed by atoms with van der Waals surface area (Å²) in [4.78, 5) is 0. The molecule has 0 amide bonds. The molecule has 2 aliphatic rings. The van der Waals surface area contributed by atoms with E-state index in [4.69, 9.17) is 9.47 Å². The highest BCUT2D eigenvalue weighted by Crippen LogP contribution is 2.43. The lowest BCUT2D eigenvalue weighted by Gasteiger charge is -2.27. The lowest BCUT2D eigenvalue weighted by Crippen LogP contribution is -2.25. The molecule has 0 spiro atoms. The second-order valence-electron chi connectivity index (χ2n) is 8.72. The number of hydrogen-bond donors (Lipinski definition) is 0. The van der Waals surface area contributed by atoms with E-state index in [1.54, 1.807) is 24.8 Å². The highest BCUT2D eigenvalue weighted by atomic mass is 31.1. The summed E-state index contributed by atoms with van der Waals surface area (Å²) >= 11 is 0. The maximum absolute atomic E-state index is 5.80. The smallest absolute Gasteiger partial charge is 0.130 e. The third-order valence-electron chi connectivity index (χ3n) is 6.68. The molecule has 2 aliphatic carbocycles. The minimum Gasteiger partial charge on any atom is -0.496 e. The number of ether oxygens (including phenoxy) is 2. The summed E-state index contributed by atoms with van der Waals surface area (Å²) in [6.45, 7) is 0. The Kier molecular flexibility index (Phi) is 8.08. The summed E-state index contributed by atoms with van der Waals surface area (Å²) in [6.07, 6.45) is 14.1. The van der Waals surface area contributed by atoms with E-state index < -0.39 is 0 Å². The van der Waals surface area contributed by atoms with Gasteiger partial charge in [-0.1, -0.05) is 80.0 Å². The standard InChI is InChI=1S/C26H36O2P2/c1-27-22-16-10-17-23(28-2)25(22)21-15-9-18-24(29-19-11-5-3-6-12-19)26(21)30-20-13-7-4-8-14-20/h9-10,15-20,29-30H,3-8,11-14H2,1-2H3. The first kappa shape index (κ1) is 22.1. The van der Waals surface area contributed by atoms with Crippen molar-refractivity contribution in [1.29, 1.82) is 0 Å². The van der Waals surface area contributed by atoms with Gasteiger partial charge < -0.3 is 9.47 Å². The average molecular weight is 443 g/mol. The van der Waals surface area contributed by atoms with Crippen LogP contribution in [0, 0.1) is 0 Å². The third-order valence-corrected chi connectivity index (χ3v) is 10.5. The maximum Gasteiger partial charge on any atom is 0.130 e. The van der Waals surface area contributed by atoms with Gasteiger partial charge >= 0.3 is 0 Å². The molecule has 0 aliphatic heterocycles. The van der Waals surface area contributed by atoms with Gasteiger partial charge in [-0.05, 0) is 65.3 Å². The SMILES string of the molecule is COc1cccc(OC)c1-c1cccc(PC2CCCCC2)c1PC1CCCCC1. The van der Waals surface area contributed by atoms with Gasteiger partial charge in [-0.25, -0.2) is 0 Å². The number of hydrogen-bond acceptors (Lipinski definition) is 2. The van der Waals surface area contributed by atoms with Gasteiger partial charge in [-0.15, -0.1) is 0 Å². The molecule has 0 bridgehead atoms. The van der Waals surface area contributed by atoms with E-state index in [0.29, 0.717) is 0 Å². The van der Waals surface area contributed by atoms with Crippen LogP contribution >= 0.6 is 17.2 Å². The second kappa shape index (κ2) is 11.0. The zero-order chi connectivity index (χ0) is 20.8. The predicted octanol–water partition coefficient (Wildman–Crippen LogP) is 6.64. The fourth-order valence-electron chi connectivity index (χ4n) is 5.07. The van der Waals surface area contributed by atoms with Gasteiger partial charge in [0.2, 0.25) is 0 Å². The molecule has 2 atom stereocenters. The van der Waals surface area contributed by atoms with Crippen LogP contribution in [-0.4, -0.2) is 25.5 Å². The molecule has 30 heavy (non-hydrogen) atoms. The largest absolute Gasteiger partial charge is 0.496 e. The molecule has 0 aromatic heterocycles. The number of methoxy groups -OCH3 is 2. The first-order valence-corrected chi connectivity index (χ1v) is 13.8. The summed E-state index contributed by atoms with van der Waals surface area (Å²) in [5, 5.41) is 3.20. The van der Waals surface area contributed by atoms with E-state index >= 15 is 0 Å². The number of benzene rings is 2. The first-order valence-electron chi connectivity index (χ1n) is 11.7. The molecular weight excluding hydrogens is 406 g/mol. The Labute approximate surface area is 186 Å². The highest BCUT2D eigenvalue weighted by molar-refractivity contribution is 7.55. The summed E-state index contributed by atoms with van der Waals surface area (Å²) in [5.74, 6) is 1.84. The fraction of sp³-hybridized carbons (Fsp3) is 0.538. The van der Waals surface area contributed by atoms with Crippen molar-refractivity contribution in [2.24, 2.45) is 0 Å². The minimum absolute atomic E-state index is 0.843. The summed E-state index contributed by atoms with van der Waals surface area (Å²) < 4.78 is 11.6. The summed E-state index contributed by atoms with van der Waals surface area (Å²) in [5.41, 5.74) is 4.20. The van der Waals surface area contributed by atoms with Crippen molar-refractivity contribution in [2.45, 2.75) is 75.5 Å². The first-order chi connectivity index (χ1) is 14.8. The average Bonchev–Trinajstić information content (AvgIpc) is 2.81. The van der Waals surface area contributed by atoms with Crippen molar-refractivity contribution < 1.29 is 9.47 Å². The Balaban J connectivity index is 1.76. The van der Waals surface area contributed by atoms with Crippen molar-refractivity contribution >= 4 is 27.8 Å². The van der Waals surface area contributed by atoms with Crippen LogP contribution in [0.15, 0.2) is 36.4 Å². The van der Waals surface area contributed by atoms with E-state index in [9.17, 15) is 0 Å². The van der Waals surface area contributed by atoms with Crippen LogP contribution in [0.3, 0.4) is 0 Å². The molecule has 2 saturated carbocycles. The van der Waals surface area contributed by atoms with E-state index in [2.05, 4.69) is 30.3 Å². The van der Waals surface area contributed by atoms with Gasteiger partial charge in [0.25, 0.3) is 0 Å². The summed E-state index contributed by atoms with van der Waals surface area (Å²) in [6, 6.07) is 13.2. The maximum atomic E-state index is 5.80. The third kappa shape index (κ3) is 5.20. The van der Waals surface area contributed by atoms with Crippen molar-refractivity contribution in [3.8, 4) is 22.6 Å². The topological polar surface area (TPSA) is 18.5 Å². The van der Waals surface area contributed by atoms with Gasteiger partial charge in [-0.2, -0.15) is 0 Å². The second-order valence-corrected chi connectivity index (χ2v) is 12.0. The molecule has 162 valence electrons. The normalized spacial score (nSPS) is 19.1. The van der Waals surface area contributed by atoms with Gasteiger partial charge in [-0.3, -0.25) is 0 Å². The van der Waals surface area contributed by atoms with Crippen LogP contribution in [0.25, 0.3) is 11.1 Å². The fourth-order valence-corrected chi connectivity index (χ4v) is 8.82. The molecule has 0 radical (unpaired) electrons. The van der Waals surface area contributed by atoms with Crippen LogP contribution in [-0.2, 0) is 0 Å². The molecule has 2 unspecified atom stereocenters. The minimum atomic E-state index is 0.843. The van der Waals surface area contributed by atoms with E-state index in [0.717, 1.165) is 45.5 Å². The Bertz CT molecular complexity index is 802. The summed E-state index contributed by atoms with van der Waals surface area (Å²) in [7, 11) is 5.37. The lowest BCUT2D eigenvalue weighted by molar-refractivity contribution is 0.397. The van der Waals surface area contributed by atoms with Gasteiger partial charge in [0.1, 0.15) is 11.5 Å². The van der Waals surface area contributed by atoms with Crippen LogP contribution in [0.5, 0.6) is 11.5 Å². The van der Waals surface area contributed by atoms with Crippen molar-refractivity contribution in [3.05, 3.63) is 36.4 Å². The molecule has 2 fully saturated rings. The highest BCUT2D eigenvalue weighted by Gasteiger charge is 2.23. The van der Waals surface area contributed by atoms with E-state index in [1.807, 2.05) is 6.07 Å². The molecule has 2 aromatic rings. The van der Waals surface area contributed by atoms with Crippen molar-refractivity contribution in [1.82, 2.24) is 0 Å². The van der Waals surface area contributed by atoms with Crippen molar-refractivity contribution in [2.75, 3.05) is 14.2 Å². The van der Waals surface area contributed by atoms with Gasteiger partial charge in [0.05, 0.1) is 19.8 Å².